The van der Waals surface area contributed by atoms with Crippen molar-refractivity contribution in [3.63, 3.8) is 0 Å². The smallest absolute Gasteiger partial charge is 0.331 e. The third-order valence-electron chi connectivity index (χ3n) is 15.2. The van der Waals surface area contributed by atoms with Gasteiger partial charge in [0.2, 0.25) is 5.79 Å². The molecule has 270 valence electrons. The minimum atomic E-state index is -1.44. The van der Waals surface area contributed by atoms with Crippen molar-refractivity contribution in [1.82, 2.24) is 4.57 Å². The number of hydrogen-bond acceptors (Lipinski definition) is 6. The molecule has 4 aliphatic carbocycles. The molecule has 2 aromatic rings. The predicted molar refractivity (Wildman–Crippen MR) is 194 cm³/mol. The number of aliphatic hydroxyl groups excluding tert-OH is 1. The number of carbonyl (C=O) groups excluding carboxylic acids is 1. The first-order valence-electron chi connectivity index (χ1n) is 18.7. The molecule has 51 heavy (non-hydrogen) atoms. The molecule has 7 aliphatic rings. The van der Waals surface area contributed by atoms with Crippen LogP contribution >= 0.6 is 0 Å². The fraction of sp³-hybridized carbons (Fsp3) is 0.581. The summed E-state index contributed by atoms with van der Waals surface area (Å²) in [4.78, 5) is 26.6. The number of aliphatic hydroxyl groups is 2. The second-order valence-corrected chi connectivity index (χ2v) is 18.7. The van der Waals surface area contributed by atoms with Crippen molar-refractivity contribution in [3.05, 3.63) is 75.7 Å². The lowest BCUT2D eigenvalue weighted by atomic mass is 9.40. The highest BCUT2D eigenvalue weighted by Crippen LogP contribution is 2.74. The Balaban J connectivity index is 1.27. The molecule has 1 aromatic carbocycles. The van der Waals surface area contributed by atoms with Crippen molar-refractivity contribution in [2.24, 2.45) is 28.6 Å². The minimum Gasteiger partial charge on any atom is -0.478 e. The van der Waals surface area contributed by atoms with E-state index in [1.165, 1.54) is 17.3 Å². The van der Waals surface area contributed by atoms with Gasteiger partial charge in [-0.2, -0.15) is 0 Å². The molecule has 1 aromatic heterocycles. The van der Waals surface area contributed by atoms with E-state index in [0.717, 1.165) is 52.4 Å². The zero-order valence-electron chi connectivity index (χ0n) is 31.4. The number of hydrogen-bond donors (Lipinski definition) is 3. The van der Waals surface area contributed by atoms with E-state index in [0.29, 0.717) is 30.1 Å². The van der Waals surface area contributed by atoms with Crippen LogP contribution in [0.15, 0.2) is 47.8 Å². The lowest BCUT2D eigenvalue weighted by Crippen LogP contribution is -2.65. The number of nitrogens with zero attached hydrogens (tertiary/aromatic N) is 1. The molecule has 0 amide bonds. The molecule has 3 N–H and O–H groups in total. The van der Waals surface area contributed by atoms with Crippen molar-refractivity contribution >= 4 is 28.2 Å². The SMILES string of the molecule is C=C(C)C1C(=O)c2c3c(cc4c5c(n1c24)C1(C)C(CCC2C4(C)C=C(/C=C(\C)C(=O)O)OC4(O)CCC21C)C5)C1=CC(C)(C)OC(C)(C)C1C3O. The van der Waals surface area contributed by atoms with Gasteiger partial charge in [-0.25, -0.2) is 4.79 Å². The number of carboxylic acids is 1. The monoisotopic (exact) mass is 693 g/mol. The average molecular weight is 694 g/mol. The lowest BCUT2D eigenvalue weighted by molar-refractivity contribution is -0.283. The summed E-state index contributed by atoms with van der Waals surface area (Å²) in [5, 5.41) is 35.0. The zero-order chi connectivity index (χ0) is 36.7. The van der Waals surface area contributed by atoms with Gasteiger partial charge in [-0.05, 0) is 132 Å². The van der Waals surface area contributed by atoms with Crippen LogP contribution in [0.2, 0.25) is 0 Å². The second-order valence-electron chi connectivity index (χ2n) is 18.7. The number of benzene rings is 1. The van der Waals surface area contributed by atoms with Gasteiger partial charge in [-0.15, -0.1) is 0 Å². The summed E-state index contributed by atoms with van der Waals surface area (Å²) in [7, 11) is 0. The van der Waals surface area contributed by atoms with Gasteiger partial charge in [0.05, 0.1) is 33.8 Å². The van der Waals surface area contributed by atoms with E-state index in [9.17, 15) is 24.9 Å². The van der Waals surface area contributed by atoms with E-state index in [4.69, 9.17) is 9.47 Å². The molecule has 0 saturated heterocycles. The van der Waals surface area contributed by atoms with Gasteiger partial charge in [0.25, 0.3) is 0 Å². The molecular formula is C43H51NO7. The molecule has 2 fully saturated rings. The van der Waals surface area contributed by atoms with Crippen molar-refractivity contribution in [1.29, 1.82) is 0 Å². The fourth-order valence-electron chi connectivity index (χ4n) is 13.1. The standard InChI is InChI=1S/C43H51NO7/c1-20(2)32-35(46)30-29-24(27-19-38(4,5)51-39(6,7)31(27)34(29)45)17-25-26-16-22-11-12-28-40(8,42(22,10)36(26)44(32)33(25)30)13-14-43(49)41(28,9)18-23(50-43)15-21(3)37(47)48/h15,17-19,22,28,31-32,34,45,49H,1,11-14,16H2,2-10H3,(H,47,48)/b21-15+. The Morgan fingerprint density at radius 1 is 1.06 bits per heavy atom. The van der Waals surface area contributed by atoms with Gasteiger partial charge < -0.3 is 29.4 Å². The van der Waals surface area contributed by atoms with Crippen LogP contribution < -0.4 is 0 Å². The topological polar surface area (TPSA) is 118 Å². The van der Waals surface area contributed by atoms with Crippen LogP contribution in [0.3, 0.4) is 0 Å². The predicted octanol–water partition coefficient (Wildman–Crippen LogP) is 7.87. The van der Waals surface area contributed by atoms with Crippen LogP contribution in [0.5, 0.6) is 0 Å². The van der Waals surface area contributed by atoms with Gasteiger partial charge in [-0.3, -0.25) is 4.79 Å². The Kier molecular flexibility index (Phi) is 6.25. The maximum Gasteiger partial charge on any atom is 0.331 e. The summed E-state index contributed by atoms with van der Waals surface area (Å²) >= 11 is 0. The van der Waals surface area contributed by atoms with Crippen molar-refractivity contribution in [2.45, 2.75) is 129 Å². The molecule has 9 atom stereocenters. The molecular weight excluding hydrogens is 642 g/mol. The van der Waals surface area contributed by atoms with Gasteiger partial charge in [0, 0.05) is 40.0 Å². The van der Waals surface area contributed by atoms with E-state index in [1.54, 1.807) is 6.92 Å². The molecule has 0 bridgehead atoms. The number of fused-ring (bicyclic) bond motifs is 13. The number of Topliss-reactive ketones (excluding diaryl/α,β-unsaturated/α-hetero) is 1. The fourth-order valence-corrected chi connectivity index (χ4v) is 13.1. The van der Waals surface area contributed by atoms with E-state index in [-0.39, 0.29) is 34.0 Å². The highest BCUT2D eigenvalue weighted by molar-refractivity contribution is 6.18. The summed E-state index contributed by atoms with van der Waals surface area (Å²) in [5.41, 5.74) is 5.24. The number of allylic oxidation sites excluding steroid dienone is 2. The Morgan fingerprint density at radius 2 is 1.76 bits per heavy atom. The van der Waals surface area contributed by atoms with Crippen LogP contribution in [0, 0.1) is 28.6 Å². The zero-order valence-corrected chi connectivity index (χ0v) is 31.4. The number of ketones is 1. The largest absolute Gasteiger partial charge is 0.478 e. The second kappa shape index (κ2) is 9.55. The van der Waals surface area contributed by atoms with Gasteiger partial charge in [0.1, 0.15) is 11.8 Å². The number of carbonyl (C=O) groups is 2. The van der Waals surface area contributed by atoms with E-state index in [1.807, 2.05) is 26.8 Å². The average Bonchev–Trinajstić information content (AvgIpc) is 3.73. The Bertz CT molecular complexity index is 2140. The molecule has 4 heterocycles. The number of rotatable bonds is 3. The number of carboxylic acid groups (broad SMARTS) is 1. The first-order chi connectivity index (χ1) is 23.6. The summed E-state index contributed by atoms with van der Waals surface area (Å²) < 4.78 is 15.1. The molecule has 8 heteroatoms. The molecule has 8 nitrogen and oxygen atoms in total. The van der Waals surface area contributed by atoms with Crippen molar-refractivity contribution in [2.75, 3.05) is 0 Å². The highest BCUT2D eigenvalue weighted by atomic mass is 16.6. The lowest BCUT2D eigenvalue weighted by Gasteiger charge is -2.65. The van der Waals surface area contributed by atoms with Crippen LogP contribution in [0.4, 0.5) is 0 Å². The molecule has 3 aliphatic heterocycles. The number of aliphatic carboxylic acids is 1. The first kappa shape index (κ1) is 33.4. The number of aromatic nitrogens is 1. The van der Waals surface area contributed by atoms with Crippen LogP contribution in [0.1, 0.15) is 133 Å². The Labute approximate surface area is 299 Å². The molecule has 2 saturated carbocycles. The Morgan fingerprint density at radius 3 is 2.43 bits per heavy atom. The molecule has 0 radical (unpaired) electrons. The van der Waals surface area contributed by atoms with Crippen molar-refractivity contribution < 1.29 is 34.4 Å². The van der Waals surface area contributed by atoms with Gasteiger partial charge in [-0.1, -0.05) is 26.0 Å². The third-order valence-corrected chi connectivity index (χ3v) is 15.2. The number of ether oxygens (including phenoxy) is 2. The molecule has 9 rings (SSSR count). The maximum absolute atomic E-state index is 14.9. The highest BCUT2D eigenvalue weighted by Gasteiger charge is 2.72. The maximum atomic E-state index is 14.9. The van der Waals surface area contributed by atoms with E-state index >= 15 is 0 Å². The summed E-state index contributed by atoms with van der Waals surface area (Å²) in [5.74, 6) is -1.97. The molecule has 9 unspecified atom stereocenters. The summed E-state index contributed by atoms with van der Waals surface area (Å²) in [6.45, 7) is 23.0. The third kappa shape index (κ3) is 3.72. The first-order valence-corrected chi connectivity index (χ1v) is 18.7. The van der Waals surface area contributed by atoms with Crippen LogP contribution in [-0.2, 0) is 26.1 Å². The summed E-state index contributed by atoms with van der Waals surface area (Å²) in [6.07, 6.45) is 8.68. The Hall–Kier alpha value is -3.46. The molecule has 0 spiro atoms. The van der Waals surface area contributed by atoms with Gasteiger partial charge >= 0.3 is 5.97 Å². The summed E-state index contributed by atoms with van der Waals surface area (Å²) in [6, 6.07) is 1.71. The van der Waals surface area contributed by atoms with Crippen LogP contribution in [0.25, 0.3) is 16.5 Å². The van der Waals surface area contributed by atoms with Crippen molar-refractivity contribution in [3.8, 4) is 0 Å². The van der Waals surface area contributed by atoms with E-state index < -0.39 is 40.5 Å². The normalized spacial score (nSPS) is 40.8. The van der Waals surface area contributed by atoms with Crippen LogP contribution in [-0.4, -0.2) is 48.6 Å². The minimum absolute atomic E-state index is 0.00494. The van der Waals surface area contributed by atoms with Gasteiger partial charge in [0.15, 0.2) is 5.78 Å². The quantitative estimate of drug-likeness (QED) is 0.221. The van der Waals surface area contributed by atoms with E-state index in [2.05, 4.69) is 57.9 Å².